The summed E-state index contributed by atoms with van der Waals surface area (Å²) in [5.41, 5.74) is 4.92. The normalized spacial score (nSPS) is 11.2. The van der Waals surface area contributed by atoms with Crippen LogP contribution in [0.1, 0.15) is 35.0 Å². The minimum atomic E-state index is -0.0474. The molecule has 154 valence electrons. The van der Waals surface area contributed by atoms with Crippen LogP contribution in [0.2, 0.25) is 0 Å². The van der Waals surface area contributed by atoms with Crippen LogP contribution >= 0.6 is 0 Å². The zero-order valence-corrected chi connectivity index (χ0v) is 17.7. The first-order valence-electron chi connectivity index (χ1n) is 10.4. The van der Waals surface area contributed by atoms with Crippen molar-refractivity contribution in [3.8, 4) is 5.75 Å². The van der Waals surface area contributed by atoms with E-state index in [1.54, 1.807) is 7.11 Å². The third-order valence-corrected chi connectivity index (χ3v) is 5.60. The summed E-state index contributed by atoms with van der Waals surface area (Å²) in [4.78, 5) is 17.7. The summed E-state index contributed by atoms with van der Waals surface area (Å²) < 4.78 is 7.62. The molecule has 2 aromatic carbocycles. The average Bonchev–Trinajstić information content (AvgIpc) is 3.04. The topological polar surface area (TPSA) is 56.2 Å². The summed E-state index contributed by atoms with van der Waals surface area (Å²) in [5.74, 6) is 0.709. The van der Waals surface area contributed by atoms with Gasteiger partial charge in [-0.25, -0.2) is 0 Å². The monoisotopic (exact) mass is 401 g/mol. The second-order valence-corrected chi connectivity index (χ2v) is 7.49. The van der Waals surface area contributed by atoms with Gasteiger partial charge in [-0.05, 0) is 49.6 Å². The van der Waals surface area contributed by atoms with Gasteiger partial charge in [-0.1, -0.05) is 31.2 Å². The van der Waals surface area contributed by atoms with Gasteiger partial charge in [-0.15, -0.1) is 0 Å². The second kappa shape index (κ2) is 8.57. The van der Waals surface area contributed by atoms with E-state index in [0.29, 0.717) is 6.54 Å². The Morgan fingerprint density at radius 3 is 2.80 bits per heavy atom. The molecule has 1 amide bonds. The van der Waals surface area contributed by atoms with Crippen LogP contribution in [-0.2, 0) is 13.0 Å². The second-order valence-electron chi connectivity index (χ2n) is 7.49. The lowest BCUT2D eigenvalue weighted by atomic mass is 10.1. The molecule has 4 rings (SSSR count). The Morgan fingerprint density at radius 2 is 2.00 bits per heavy atom. The molecule has 0 saturated carbocycles. The first kappa shape index (κ1) is 20.0. The first-order valence-corrected chi connectivity index (χ1v) is 10.4. The summed E-state index contributed by atoms with van der Waals surface area (Å²) in [7, 11) is 1.65. The number of methoxy groups -OCH3 is 1. The smallest absolute Gasteiger partial charge is 0.253 e. The van der Waals surface area contributed by atoms with E-state index in [4.69, 9.17) is 4.74 Å². The van der Waals surface area contributed by atoms with Gasteiger partial charge in [-0.3, -0.25) is 9.78 Å². The maximum absolute atomic E-state index is 13.2. The predicted octanol–water partition coefficient (Wildman–Crippen LogP) is 4.89. The number of aryl methyl sites for hydroxylation is 1. The fourth-order valence-electron chi connectivity index (χ4n) is 4.15. The Labute approximate surface area is 176 Å². The van der Waals surface area contributed by atoms with Crippen molar-refractivity contribution < 1.29 is 9.53 Å². The van der Waals surface area contributed by atoms with E-state index in [1.165, 1.54) is 0 Å². The fourth-order valence-corrected chi connectivity index (χ4v) is 4.15. The molecule has 0 aliphatic carbocycles. The highest BCUT2D eigenvalue weighted by molar-refractivity contribution is 6.08. The Hall–Kier alpha value is -3.34. The molecule has 0 aliphatic rings. The van der Waals surface area contributed by atoms with Gasteiger partial charge >= 0.3 is 0 Å². The number of carbonyl (C=O) groups excluding carboxylic acids is 1. The van der Waals surface area contributed by atoms with Crippen LogP contribution in [0.15, 0.2) is 54.7 Å². The highest BCUT2D eigenvalue weighted by Crippen LogP contribution is 2.29. The summed E-state index contributed by atoms with van der Waals surface area (Å²) in [6.07, 6.45) is 3.55. The lowest BCUT2D eigenvalue weighted by molar-refractivity contribution is 0.0955. The van der Waals surface area contributed by atoms with Crippen LogP contribution in [0.3, 0.4) is 0 Å². The number of benzene rings is 2. The predicted molar refractivity (Wildman–Crippen MR) is 121 cm³/mol. The van der Waals surface area contributed by atoms with Gasteiger partial charge in [0.25, 0.3) is 5.91 Å². The zero-order chi connectivity index (χ0) is 21.1. The Morgan fingerprint density at radius 1 is 1.17 bits per heavy atom. The molecule has 30 heavy (non-hydrogen) atoms. The summed E-state index contributed by atoms with van der Waals surface area (Å²) in [5, 5.41) is 5.17. The largest absolute Gasteiger partial charge is 0.497 e. The third-order valence-electron chi connectivity index (χ3n) is 5.60. The van der Waals surface area contributed by atoms with Crippen molar-refractivity contribution in [1.82, 2.24) is 14.9 Å². The van der Waals surface area contributed by atoms with Crippen LogP contribution in [0, 0.1) is 6.92 Å². The van der Waals surface area contributed by atoms with Crippen LogP contribution in [0.5, 0.6) is 5.75 Å². The number of amides is 1. The molecule has 0 spiro atoms. The van der Waals surface area contributed by atoms with E-state index >= 15 is 0 Å². The number of hydrogen-bond acceptors (Lipinski definition) is 3. The molecule has 0 atom stereocenters. The van der Waals surface area contributed by atoms with Crippen LogP contribution in [0.4, 0.5) is 0 Å². The van der Waals surface area contributed by atoms with Gasteiger partial charge in [0.2, 0.25) is 0 Å². The van der Waals surface area contributed by atoms with Crippen LogP contribution < -0.4 is 10.1 Å². The zero-order valence-electron chi connectivity index (χ0n) is 17.7. The van der Waals surface area contributed by atoms with E-state index in [-0.39, 0.29) is 5.91 Å². The van der Waals surface area contributed by atoms with Crippen molar-refractivity contribution in [2.75, 3.05) is 13.7 Å². The lowest BCUT2D eigenvalue weighted by Crippen LogP contribution is -2.26. The number of rotatable bonds is 7. The Balaban J connectivity index is 1.59. The maximum atomic E-state index is 13.2. The number of nitrogens with zero attached hydrogens (tertiary/aromatic N) is 2. The number of para-hydroxylation sites is 1. The average molecular weight is 402 g/mol. The summed E-state index contributed by atoms with van der Waals surface area (Å²) >= 11 is 0. The standard InChI is InChI=1S/C25H27N3O2/c1-4-15-28-17(2)23(21-16-20(30-3)10-11-22(21)28)25(29)27-14-12-19-8-5-7-18-9-6-13-26-24(18)19/h5-11,13,16H,4,12,14-15H2,1-3H3,(H,27,29). The number of fused-ring (bicyclic) bond motifs is 2. The van der Waals surface area contributed by atoms with Crippen molar-refractivity contribution in [3.63, 3.8) is 0 Å². The quantitative estimate of drug-likeness (QED) is 0.480. The molecule has 2 heterocycles. The lowest BCUT2D eigenvalue weighted by Gasteiger charge is -2.09. The van der Waals surface area contributed by atoms with Crippen molar-refractivity contribution in [1.29, 1.82) is 0 Å². The molecule has 5 nitrogen and oxygen atoms in total. The number of ether oxygens (including phenoxy) is 1. The molecule has 0 fully saturated rings. The van der Waals surface area contributed by atoms with Crippen LogP contribution in [0.25, 0.3) is 21.8 Å². The van der Waals surface area contributed by atoms with Crippen molar-refractivity contribution in [2.45, 2.75) is 33.2 Å². The molecule has 0 aliphatic heterocycles. The van der Waals surface area contributed by atoms with Crippen LogP contribution in [-0.4, -0.2) is 29.1 Å². The van der Waals surface area contributed by atoms with Crippen molar-refractivity contribution in [2.24, 2.45) is 0 Å². The van der Waals surface area contributed by atoms with Gasteiger partial charge < -0.3 is 14.6 Å². The van der Waals surface area contributed by atoms with Gasteiger partial charge in [0.1, 0.15) is 5.75 Å². The SMILES string of the molecule is CCCn1c(C)c(C(=O)NCCc2cccc3cccnc23)c2cc(OC)ccc21. The van der Waals surface area contributed by atoms with Gasteiger partial charge in [0.05, 0.1) is 18.2 Å². The van der Waals surface area contributed by atoms with E-state index in [1.807, 2.05) is 43.5 Å². The number of pyridine rings is 1. The molecule has 0 radical (unpaired) electrons. The van der Waals surface area contributed by atoms with Crippen molar-refractivity contribution >= 4 is 27.7 Å². The molecule has 0 bridgehead atoms. The minimum absolute atomic E-state index is 0.0474. The molecule has 5 heteroatoms. The highest BCUT2D eigenvalue weighted by atomic mass is 16.5. The molecule has 2 aromatic heterocycles. The van der Waals surface area contributed by atoms with Gasteiger partial charge in [0, 0.05) is 41.3 Å². The molecule has 1 N–H and O–H groups in total. The molecular formula is C25H27N3O2. The molecule has 0 saturated heterocycles. The number of hydrogen-bond donors (Lipinski definition) is 1. The third kappa shape index (κ3) is 3.63. The number of nitrogens with one attached hydrogen (secondary N) is 1. The number of aromatic nitrogens is 2. The number of carbonyl (C=O) groups is 1. The van der Waals surface area contributed by atoms with Gasteiger partial charge in [-0.2, -0.15) is 0 Å². The van der Waals surface area contributed by atoms with E-state index in [0.717, 1.165) is 63.8 Å². The molecular weight excluding hydrogens is 374 g/mol. The molecule has 0 unspecified atom stereocenters. The van der Waals surface area contributed by atoms with E-state index < -0.39 is 0 Å². The van der Waals surface area contributed by atoms with Crippen molar-refractivity contribution in [3.05, 3.63) is 71.5 Å². The van der Waals surface area contributed by atoms with E-state index in [2.05, 4.69) is 40.0 Å². The fraction of sp³-hybridized carbons (Fsp3) is 0.280. The Kier molecular flexibility index (Phi) is 5.70. The highest BCUT2D eigenvalue weighted by Gasteiger charge is 2.20. The summed E-state index contributed by atoms with van der Waals surface area (Å²) in [6.45, 7) is 5.60. The Bertz CT molecular complexity index is 1200. The van der Waals surface area contributed by atoms with Gasteiger partial charge in [0.15, 0.2) is 0 Å². The van der Waals surface area contributed by atoms with E-state index in [9.17, 15) is 4.79 Å². The summed E-state index contributed by atoms with van der Waals surface area (Å²) in [6, 6.07) is 16.1. The first-order chi connectivity index (χ1) is 14.6. The maximum Gasteiger partial charge on any atom is 0.253 e. The minimum Gasteiger partial charge on any atom is -0.497 e. The molecule has 4 aromatic rings.